The van der Waals surface area contributed by atoms with Gasteiger partial charge in [0.25, 0.3) is 0 Å². The number of hydrogen-bond acceptors (Lipinski definition) is 3. The molecular weight excluding hydrogens is 494 g/mol. The Morgan fingerprint density at radius 1 is 0.513 bits per heavy atom. The van der Waals surface area contributed by atoms with Crippen molar-refractivity contribution in [2.24, 2.45) is 0 Å². The van der Waals surface area contributed by atoms with Crippen molar-refractivity contribution in [3.63, 3.8) is 0 Å². The molecule has 3 heteroatoms. The SMILES string of the molecule is c1ccc(-c2ccc(N(c3ccccc3)c3ccc4sc5ccccc5c4c3)c3oc4ccccc4c23)cc1. The van der Waals surface area contributed by atoms with E-state index in [1.807, 2.05) is 17.4 Å². The lowest BCUT2D eigenvalue weighted by molar-refractivity contribution is 0.669. The maximum atomic E-state index is 6.67. The van der Waals surface area contributed by atoms with Crippen molar-refractivity contribution in [1.29, 1.82) is 0 Å². The molecule has 0 fully saturated rings. The van der Waals surface area contributed by atoms with Gasteiger partial charge in [-0.2, -0.15) is 0 Å². The fourth-order valence-electron chi connectivity index (χ4n) is 5.71. The van der Waals surface area contributed by atoms with Gasteiger partial charge in [-0.1, -0.05) is 91.0 Å². The molecule has 8 rings (SSSR count). The summed E-state index contributed by atoms with van der Waals surface area (Å²) in [4.78, 5) is 2.32. The van der Waals surface area contributed by atoms with Crippen LogP contribution in [0.2, 0.25) is 0 Å². The molecule has 0 amide bonds. The number of nitrogens with zero attached hydrogens (tertiary/aromatic N) is 1. The van der Waals surface area contributed by atoms with Gasteiger partial charge in [-0.15, -0.1) is 11.3 Å². The first-order valence-electron chi connectivity index (χ1n) is 13.1. The highest BCUT2D eigenvalue weighted by molar-refractivity contribution is 7.25. The maximum absolute atomic E-state index is 6.67. The van der Waals surface area contributed by atoms with Crippen molar-refractivity contribution in [2.45, 2.75) is 0 Å². The molecule has 0 atom stereocenters. The minimum Gasteiger partial charge on any atom is -0.454 e. The van der Waals surface area contributed by atoms with Gasteiger partial charge in [-0.05, 0) is 59.7 Å². The first-order chi connectivity index (χ1) is 19.3. The molecule has 0 aliphatic heterocycles. The molecule has 0 saturated carbocycles. The predicted molar refractivity (Wildman–Crippen MR) is 167 cm³/mol. The highest BCUT2D eigenvalue weighted by atomic mass is 32.1. The molecule has 8 aromatic rings. The molecule has 2 nitrogen and oxygen atoms in total. The van der Waals surface area contributed by atoms with Crippen LogP contribution in [-0.4, -0.2) is 0 Å². The van der Waals surface area contributed by atoms with E-state index in [2.05, 4.69) is 138 Å². The molecule has 0 saturated heterocycles. The fraction of sp³-hybridized carbons (Fsp3) is 0. The minimum atomic E-state index is 0.886. The Hall–Kier alpha value is -4.86. The number of thiophene rings is 1. The smallest absolute Gasteiger partial charge is 0.160 e. The first kappa shape index (κ1) is 22.2. The lowest BCUT2D eigenvalue weighted by atomic mass is 9.98. The molecule has 0 bridgehead atoms. The van der Waals surface area contributed by atoms with Crippen LogP contribution in [0, 0.1) is 0 Å². The molecule has 6 aromatic carbocycles. The molecular formula is C36H23NOS. The van der Waals surface area contributed by atoms with Gasteiger partial charge >= 0.3 is 0 Å². The van der Waals surface area contributed by atoms with Crippen LogP contribution in [-0.2, 0) is 0 Å². The number of rotatable bonds is 4. The molecule has 0 aliphatic rings. The number of fused-ring (bicyclic) bond motifs is 6. The predicted octanol–water partition coefficient (Wildman–Crippen LogP) is 11.1. The molecule has 0 spiro atoms. The van der Waals surface area contributed by atoms with Crippen LogP contribution in [0.3, 0.4) is 0 Å². The van der Waals surface area contributed by atoms with Crippen molar-refractivity contribution in [3.8, 4) is 11.1 Å². The Labute approximate surface area is 230 Å². The summed E-state index contributed by atoms with van der Waals surface area (Å²) in [5.74, 6) is 0. The minimum absolute atomic E-state index is 0.886. The largest absolute Gasteiger partial charge is 0.454 e. The fourth-order valence-corrected chi connectivity index (χ4v) is 6.79. The van der Waals surface area contributed by atoms with Crippen LogP contribution in [0.5, 0.6) is 0 Å². The Bertz CT molecular complexity index is 2120. The van der Waals surface area contributed by atoms with Gasteiger partial charge in [0, 0.05) is 42.3 Å². The van der Waals surface area contributed by atoms with Gasteiger partial charge in [0.05, 0.1) is 5.69 Å². The van der Waals surface area contributed by atoms with Crippen LogP contribution in [0.4, 0.5) is 17.1 Å². The molecule has 0 radical (unpaired) electrons. The number of benzene rings is 6. The van der Waals surface area contributed by atoms with Crippen LogP contribution in [0.15, 0.2) is 144 Å². The normalized spacial score (nSPS) is 11.6. The van der Waals surface area contributed by atoms with Crippen molar-refractivity contribution in [1.82, 2.24) is 0 Å². The van der Waals surface area contributed by atoms with Gasteiger partial charge in [0.15, 0.2) is 5.58 Å². The third kappa shape index (κ3) is 3.55. The number of para-hydroxylation sites is 2. The zero-order chi connectivity index (χ0) is 25.8. The second-order valence-corrected chi connectivity index (χ2v) is 10.8. The average Bonchev–Trinajstić information content (AvgIpc) is 3.57. The highest BCUT2D eigenvalue weighted by Crippen LogP contribution is 2.46. The molecule has 39 heavy (non-hydrogen) atoms. The van der Waals surface area contributed by atoms with Crippen LogP contribution >= 0.6 is 11.3 Å². The maximum Gasteiger partial charge on any atom is 0.160 e. The van der Waals surface area contributed by atoms with E-state index < -0.39 is 0 Å². The molecule has 0 N–H and O–H groups in total. The average molecular weight is 518 g/mol. The Balaban J connectivity index is 1.44. The van der Waals surface area contributed by atoms with Crippen LogP contribution < -0.4 is 4.90 Å². The lowest BCUT2D eigenvalue weighted by Crippen LogP contribution is -2.10. The standard InChI is InChI=1S/C36H23NOS/c1-3-11-24(12-4-1)27-20-21-31(36-35(27)29-16-7-9-17-32(29)38-36)37(25-13-5-2-6-14-25)26-19-22-34-30(23-26)28-15-8-10-18-33(28)39-34/h1-23H. The highest BCUT2D eigenvalue weighted by Gasteiger charge is 2.22. The Morgan fingerprint density at radius 2 is 1.21 bits per heavy atom. The van der Waals surface area contributed by atoms with Gasteiger partial charge in [-0.25, -0.2) is 0 Å². The summed E-state index contributed by atoms with van der Waals surface area (Å²) in [6, 6.07) is 49.4. The zero-order valence-corrected chi connectivity index (χ0v) is 21.9. The van der Waals surface area contributed by atoms with Gasteiger partial charge < -0.3 is 9.32 Å². The van der Waals surface area contributed by atoms with Gasteiger partial charge in [-0.3, -0.25) is 0 Å². The van der Waals surface area contributed by atoms with E-state index in [1.54, 1.807) is 0 Å². The third-order valence-corrected chi connectivity index (χ3v) is 8.62. The third-order valence-electron chi connectivity index (χ3n) is 7.46. The quantitative estimate of drug-likeness (QED) is 0.231. The molecule has 0 aliphatic carbocycles. The van der Waals surface area contributed by atoms with E-state index in [0.29, 0.717) is 0 Å². The summed E-state index contributed by atoms with van der Waals surface area (Å²) in [5.41, 5.74) is 7.34. The summed E-state index contributed by atoms with van der Waals surface area (Å²) < 4.78 is 9.27. The van der Waals surface area contributed by atoms with Crippen molar-refractivity contribution in [2.75, 3.05) is 4.90 Å². The van der Waals surface area contributed by atoms with Crippen molar-refractivity contribution >= 4 is 70.5 Å². The Morgan fingerprint density at radius 3 is 2.05 bits per heavy atom. The molecule has 2 heterocycles. The second-order valence-electron chi connectivity index (χ2n) is 9.75. The monoisotopic (exact) mass is 517 g/mol. The van der Waals surface area contributed by atoms with E-state index in [0.717, 1.165) is 39.0 Å². The molecule has 184 valence electrons. The van der Waals surface area contributed by atoms with E-state index in [9.17, 15) is 0 Å². The molecule has 0 unspecified atom stereocenters. The number of hydrogen-bond donors (Lipinski definition) is 0. The summed E-state index contributed by atoms with van der Waals surface area (Å²) >= 11 is 1.84. The lowest BCUT2D eigenvalue weighted by Gasteiger charge is -2.26. The summed E-state index contributed by atoms with van der Waals surface area (Å²) in [6.07, 6.45) is 0. The zero-order valence-electron chi connectivity index (χ0n) is 21.0. The number of anilines is 3. The van der Waals surface area contributed by atoms with E-state index in [4.69, 9.17) is 4.42 Å². The Kier molecular flexibility index (Phi) is 5.04. The first-order valence-corrected chi connectivity index (χ1v) is 13.9. The summed E-state index contributed by atoms with van der Waals surface area (Å²) in [5, 5.41) is 4.83. The van der Waals surface area contributed by atoms with Crippen molar-refractivity contribution in [3.05, 3.63) is 140 Å². The topological polar surface area (TPSA) is 16.4 Å². The van der Waals surface area contributed by atoms with E-state index in [1.165, 1.54) is 31.3 Å². The van der Waals surface area contributed by atoms with Gasteiger partial charge in [0.2, 0.25) is 0 Å². The second kappa shape index (κ2) is 8.87. The van der Waals surface area contributed by atoms with Crippen LogP contribution in [0.1, 0.15) is 0 Å². The molecule has 2 aromatic heterocycles. The van der Waals surface area contributed by atoms with Crippen LogP contribution in [0.25, 0.3) is 53.2 Å². The number of furan rings is 1. The van der Waals surface area contributed by atoms with E-state index in [-0.39, 0.29) is 0 Å². The summed E-state index contributed by atoms with van der Waals surface area (Å²) in [7, 11) is 0. The van der Waals surface area contributed by atoms with Gasteiger partial charge in [0.1, 0.15) is 5.58 Å². The van der Waals surface area contributed by atoms with E-state index >= 15 is 0 Å². The summed E-state index contributed by atoms with van der Waals surface area (Å²) in [6.45, 7) is 0. The van der Waals surface area contributed by atoms with Crippen molar-refractivity contribution < 1.29 is 4.42 Å².